The van der Waals surface area contributed by atoms with Crippen molar-refractivity contribution in [3.8, 4) is 0 Å². The molecule has 1 atom stereocenters. The molecule has 3 aromatic rings. The van der Waals surface area contributed by atoms with Crippen LogP contribution in [0.4, 0.5) is 0 Å². The summed E-state index contributed by atoms with van der Waals surface area (Å²) in [6.07, 6.45) is 4.27. The maximum Gasteiger partial charge on any atom is 0.240 e. The lowest BCUT2D eigenvalue weighted by atomic mass is 10.0. The smallest absolute Gasteiger partial charge is 0.240 e. The van der Waals surface area contributed by atoms with Gasteiger partial charge in [0.15, 0.2) is 0 Å². The summed E-state index contributed by atoms with van der Waals surface area (Å²) < 4.78 is 0. The fraction of sp³-hybridized carbons (Fsp3) is 0.308. The molecule has 0 saturated carbocycles. The minimum atomic E-state index is -0.240. The van der Waals surface area contributed by atoms with Crippen LogP contribution in [-0.4, -0.2) is 52.9 Å². The standard InChI is InChI=1S/C26H30N4O/c31-26(30-17-15-29(16-18-30)21-24-9-5-2-6-10-24)25(19-22-7-3-1-4-8-22)28-20-23-11-13-27-14-12-23/h1-14,25,28H,15-21H2. The predicted octanol–water partition coefficient (Wildman–Crippen LogP) is 3.13. The van der Waals surface area contributed by atoms with Gasteiger partial charge in [-0.25, -0.2) is 0 Å². The van der Waals surface area contributed by atoms with Crippen molar-refractivity contribution in [2.45, 2.75) is 25.6 Å². The molecule has 1 amide bonds. The van der Waals surface area contributed by atoms with Gasteiger partial charge in [-0.2, -0.15) is 0 Å². The van der Waals surface area contributed by atoms with Gasteiger partial charge in [0.1, 0.15) is 0 Å². The molecule has 1 N–H and O–H groups in total. The number of rotatable bonds is 8. The van der Waals surface area contributed by atoms with Crippen LogP contribution in [-0.2, 0) is 24.3 Å². The molecular weight excluding hydrogens is 384 g/mol. The Morgan fingerprint density at radius 1 is 0.806 bits per heavy atom. The van der Waals surface area contributed by atoms with Crippen LogP contribution in [0.1, 0.15) is 16.7 Å². The van der Waals surface area contributed by atoms with E-state index >= 15 is 0 Å². The van der Waals surface area contributed by atoms with Crippen LogP contribution in [0, 0.1) is 0 Å². The van der Waals surface area contributed by atoms with Crippen molar-refractivity contribution in [2.24, 2.45) is 0 Å². The van der Waals surface area contributed by atoms with Gasteiger partial charge in [-0.15, -0.1) is 0 Å². The van der Waals surface area contributed by atoms with Gasteiger partial charge in [-0.05, 0) is 35.2 Å². The molecular formula is C26H30N4O. The first kappa shape index (κ1) is 21.2. The Hall–Kier alpha value is -3.02. The van der Waals surface area contributed by atoms with E-state index in [4.69, 9.17) is 0 Å². The highest BCUT2D eigenvalue weighted by Crippen LogP contribution is 2.12. The summed E-state index contributed by atoms with van der Waals surface area (Å²) in [5, 5.41) is 3.50. The SMILES string of the molecule is O=C(C(Cc1ccccc1)NCc1ccncc1)N1CCN(Cc2ccccc2)CC1. The third kappa shape index (κ3) is 6.23. The molecule has 160 valence electrons. The number of nitrogens with zero attached hydrogens (tertiary/aromatic N) is 3. The van der Waals surface area contributed by atoms with Gasteiger partial charge < -0.3 is 10.2 Å². The molecule has 5 heteroatoms. The van der Waals surface area contributed by atoms with Crippen LogP contribution in [0.3, 0.4) is 0 Å². The zero-order chi connectivity index (χ0) is 21.3. The van der Waals surface area contributed by atoms with E-state index in [1.807, 2.05) is 41.3 Å². The number of pyridine rings is 1. The van der Waals surface area contributed by atoms with Crippen molar-refractivity contribution in [3.63, 3.8) is 0 Å². The molecule has 1 aliphatic heterocycles. The number of carbonyl (C=O) groups excluding carboxylic acids is 1. The zero-order valence-electron chi connectivity index (χ0n) is 17.9. The van der Waals surface area contributed by atoms with Crippen LogP contribution in [0.15, 0.2) is 85.2 Å². The Morgan fingerprint density at radius 3 is 2.06 bits per heavy atom. The molecule has 4 rings (SSSR count). The minimum Gasteiger partial charge on any atom is -0.339 e. The van der Waals surface area contributed by atoms with Crippen molar-refractivity contribution >= 4 is 5.91 Å². The van der Waals surface area contributed by atoms with Crippen LogP contribution in [0.5, 0.6) is 0 Å². The number of piperazine rings is 1. The summed E-state index contributed by atoms with van der Waals surface area (Å²) in [6, 6.07) is 24.5. The van der Waals surface area contributed by atoms with E-state index in [1.54, 1.807) is 12.4 Å². The average molecular weight is 415 g/mol. The summed E-state index contributed by atoms with van der Waals surface area (Å²) >= 11 is 0. The van der Waals surface area contributed by atoms with Gasteiger partial charge in [-0.1, -0.05) is 60.7 Å². The number of carbonyl (C=O) groups is 1. The average Bonchev–Trinajstić information content (AvgIpc) is 2.84. The van der Waals surface area contributed by atoms with Crippen molar-refractivity contribution in [3.05, 3.63) is 102 Å². The Balaban J connectivity index is 1.36. The van der Waals surface area contributed by atoms with Gasteiger partial charge >= 0.3 is 0 Å². The second kappa shape index (κ2) is 10.8. The third-order valence-corrected chi connectivity index (χ3v) is 5.82. The lowest BCUT2D eigenvalue weighted by Crippen LogP contribution is -2.54. The molecule has 0 spiro atoms. The summed E-state index contributed by atoms with van der Waals surface area (Å²) in [5.41, 5.74) is 3.63. The molecule has 1 aliphatic rings. The monoisotopic (exact) mass is 414 g/mol. The third-order valence-electron chi connectivity index (χ3n) is 5.82. The Bertz CT molecular complexity index is 925. The highest BCUT2D eigenvalue weighted by Gasteiger charge is 2.27. The number of aromatic nitrogens is 1. The summed E-state index contributed by atoms with van der Waals surface area (Å²) in [6.45, 7) is 4.95. The van der Waals surface area contributed by atoms with Gasteiger partial charge in [-0.3, -0.25) is 14.7 Å². The van der Waals surface area contributed by atoms with E-state index in [0.717, 1.165) is 38.3 Å². The maximum absolute atomic E-state index is 13.4. The summed E-state index contributed by atoms with van der Waals surface area (Å²) in [4.78, 5) is 21.9. The topological polar surface area (TPSA) is 48.5 Å². The molecule has 2 aromatic carbocycles. The van der Waals surface area contributed by atoms with E-state index in [1.165, 1.54) is 11.1 Å². The van der Waals surface area contributed by atoms with Crippen molar-refractivity contribution in [1.29, 1.82) is 0 Å². The predicted molar refractivity (Wildman–Crippen MR) is 123 cm³/mol. The van der Waals surface area contributed by atoms with Gasteiger partial charge in [0.05, 0.1) is 6.04 Å². The van der Waals surface area contributed by atoms with Crippen molar-refractivity contribution in [1.82, 2.24) is 20.1 Å². The summed E-state index contributed by atoms with van der Waals surface area (Å²) in [7, 11) is 0. The maximum atomic E-state index is 13.4. The zero-order valence-corrected chi connectivity index (χ0v) is 17.9. The number of amides is 1. The molecule has 0 aliphatic carbocycles. The first-order valence-electron chi connectivity index (χ1n) is 11.0. The fourth-order valence-electron chi connectivity index (χ4n) is 4.03. The van der Waals surface area contributed by atoms with Crippen LogP contribution in [0.2, 0.25) is 0 Å². The van der Waals surface area contributed by atoms with E-state index in [2.05, 4.69) is 51.6 Å². The first-order valence-corrected chi connectivity index (χ1v) is 11.0. The molecule has 5 nitrogen and oxygen atoms in total. The number of hydrogen-bond donors (Lipinski definition) is 1. The van der Waals surface area contributed by atoms with Gasteiger partial charge in [0.25, 0.3) is 0 Å². The molecule has 2 heterocycles. The molecule has 0 radical (unpaired) electrons. The van der Waals surface area contributed by atoms with Gasteiger partial charge in [0, 0.05) is 51.7 Å². The van der Waals surface area contributed by atoms with Crippen LogP contribution in [0.25, 0.3) is 0 Å². The Labute approximate surface area is 184 Å². The molecule has 1 fully saturated rings. The van der Waals surface area contributed by atoms with Crippen molar-refractivity contribution in [2.75, 3.05) is 26.2 Å². The van der Waals surface area contributed by atoms with E-state index < -0.39 is 0 Å². The number of nitrogens with one attached hydrogen (secondary N) is 1. The molecule has 1 aromatic heterocycles. The van der Waals surface area contributed by atoms with Crippen LogP contribution >= 0.6 is 0 Å². The van der Waals surface area contributed by atoms with Gasteiger partial charge in [0.2, 0.25) is 5.91 Å². The molecule has 31 heavy (non-hydrogen) atoms. The Kier molecular flexibility index (Phi) is 7.42. The minimum absolute atomic E-state index is 0.192. The Morgan fingerprint density at radius 2 is 1.42 bits per heavy atom. The van der Waals surface area contributed by atoms with Crippen LogP contribution < -0.4 is 5.32 Å². The number of benzene rings is 2. The largest absolute Gasteiger partial charge is 0.339 e. The molecule has 1 unspecified atom stereocenters. The van der Waals surface area contributed by atoms with E-state index in [0.29, 0.717) is 13.0 Å². The van der Waals surface area contributed by atoms with E-state index in [9.17, 15) is 4.79 Å². The molecule has 0 bridgehead atoms. The highest BCUT2D eigenvalue weighted by atomic mass is 16.2. The second-order valence-corrected chi connectivity index (χ2v) is 8.07. The number of hydrogen-bond acceptors (Lipinski definition) is 4. The van der Waals surface area contributed by atoms with Crippen molar-refractivity contribution < 1.29 is 4.79 Å². The second-order valence-electron chi connectivity index (χ2n) is 8.07. The summed E-state index contributed by atoms with van der Waals surface area (Å²) in [5.74, 6) is 0.192. The quantitative estimate of drug-likeness (QED) is 0.615. The lowest BCUT2D eigenvalue weighted by molar-refractivity contribution is -0.135. The lowest BCUT2D eigenvalue weighted by Gasteiger charge is -2.36. The first-order chi connectivity index (χ1) is 15.3. The normalized spacial score (nSPS) is 15.5. The fourth-order valence-corrected chi connectivity index (χ4v) is 4.03. The molecule has 1 saturated heterocycles. The van der Waals surface area contributed by atoms with E-state index in [-0.39, 0.29) is 11.9 Å². The highest BCUT2D eigenvalue weighted by molar-refractivity contribution is 5.82.